The number of benzene rings is 4. The molecule has 0 bridgehead atoms. The van der Waals surface area contributed by atoms with E-state index in [-0.39, 0.29) is 29.7 Å². The Morgan fingerprint density at radius 3 is 2.13 bits per heavy atom. The third kappa shape index (κ3) is 9.10. The summed E-state index contributed by atoms with van der Waals surface area (Å²) in [5, 5.41) is 3.73. The number of hydrogen-bond donors (Lipinski definition) is 1. The Hall–Kier alpha value is -3.85. The van der Waals surface area contributed by atoms with Crippen LogP contribution in [-0.4, -0.2) is 44.3 Å². The molecule has 0 aliphatic carbocycles. The van der Waals surface area contributed by atoms with Crippen molar-refractivity contribution in [2.45, 2.75) is 44.7 Å². The number of nitrogens with zero attached hydrogens (tertiary/aromatic N) is 2. The van der Waals surface area contributed by atoms with E-state index in [0.29, 0.717) is 27.8 Å². The van der Waals surface area contributed by atoms with Crippen molar-refractivity contribution in [3.8, 4) is 0 Å². The normalized spacial score (nSPS) is 12.0. The van der Waals surface area contributed by atoms with E-state index in [2.05, 4.69) is 5.32 Å². The molecule has 0 aliphatic rings. The van der Waals surface area contributed by atoms with Gasteiger partial charge in [-0.25, -0.2) is 8.42 Å². The molecule has 0 aliphatic heterocycles. The molecule has 0 saturated heterocycles. The second-order valence-electron chi connectivity index (χ2n) is 11.3. The first kappa shape index (κ1) is 34.0. The predicted octanol–water partition coefficient (Wildman–Crippen LogP) is 6.91. The zero-order chi connectivity index (χ0) is 32.6. The Labute approximate surface area is 275 Å². The molecule has 45 heavy (non-hydrogen) atoms. The molecule has 0 radical (unpaired) electrons. The molecule has 0 aromatic heterocycles. The van der Waals surface area contributed by atoms with Gasteiger partial charge in [-0.15, -0.1) is 0 Å². The van der Waals surface area contributed by atoms with Crippen molar-refractivity contribution < 1.29 is 18.0 Å². The minimum Gasteiger partial charge on any atom is -0.354 e. The Bertz CT molecular complexity index is 1720. The third-order valence-corrected chi connectivity index (χ3v) is 9.59. The van der Waals surface area contributed by atoms with Crippen LogP contribution in [0.15, 0.2) is 108 Å². The van der Waals surface area contributed by atoms with Gasteiger partial charge < -0.3 is 10.2 Å². The molecule has 1 N–H and O–H groups in total. The van der Waals surface area contributed by atoms with Crippen molar-refractivity contribution >= 4 is 50.7 Å². The zero-order valence-corrected chi connectivity index (χ0v) is 27.8. The lowest BCUT2D eigenvalue weighted by molar-refractivity contribution is -0.140. The fourth-order valence-corrected chi connectivity index (χ4v) is 6.74. The number of aryl methyl sites for hydroxylation is 1. The van der Waals surface area contributed by atoms with Crippen LogP contribution in [0, 0.1) is 12.8 Å². The Kier molecular flexibility index (Phi) is 11.7. The summed E-state index contributed by atoms with van der Waals surface area (Å²) in [6, 6.07) is 28.3. The van der Waals surface area contributed by atoms with Crippen molar-refractivity contribution in [1.82, 2.24) is 10.2 Å². The molecule has 0 fully saturated rings. The van der Waals surface area contributed by atoms with Gasteiger partial charge in [-0.2, -0.15) is 0 Å². The summed E-state index contributed by atoms with van der Waals surface area (Å²) in [6.45, 7) is 5.63. The highest BCUT2D eigenvalue weighted by Crippen LogP contribution is 2.27. The fourth-order valence-electron chi connectivity index (χ4n) is 4.84. The van der Waals surface area contributed by atoms with Gasteiger partial charge in [0.05, 0.1) is 10.6 Å². The van der Waals surface area contributed by atoms with Gasteiger partial charge in [0.1, 0.15) is 12.6 Å². The van der Waals surface area contributed by atoms with Crippen molar-refractivity contribution in [2.24, 2.45) is 5.92 Å². The van der Waals surface area contributed by atoms with E-state index in [0.717, 1.165) is 15.4 Å². The molecular weight excluding hydrogens is 629 g/mol. The van der Waals surface area contributed by atoms with Crippen LogP contribution >= 0.6 is 23.2 Å². The number of anilines is 1. The van der Waals surface area contributed by atoms with Crippen molar-refractivity contribution in [3.05, 3.63) is 130 Å². The maximum Gasteiger partial charge on any atom is 0.264 e. The van der Waals surface area contributed by atoms with Gasteiger partial charge >= 0.3 is 0 Å². The molecule has 4 rings (SSSR count). The molecule has 4 aromatic rings. The van der Waals surface area contributed by atoms with E-state index < -0.39 is 28.5 Å². The van der Waals surface area contributed by atoms with Crippen LogP contribution in [0.1, 0.15) is 30.5 Å². The molecule has 0 heterocycles. The van der Waals surface area contributed by atoms with E-state index in [1.165, 1.54) is 17.0 Å². The molecule has 236 valence electrons. The number of halogens is 2. The molecule has 10 heteroatoms. The highest BCUT2D eigenvalue weighted by Gasteiger charge is 2.35. The second-order valence-corrected chi connectivity index (χ2v) is 14.0. The van der Waals surface area contributed by atoms with Gasteiger partial charge in [-0.05, 0) is 65.9 Å². The number of nitrogens with one attached hydrogen (secondary N) is 1. The Morgan fingerprint density at radius 2 is 1.51 bits per heavy atom. The van der Waals surface area contributed by atoms with Crippen molar-refractivity contribution in [3.63, 3.8) is 0 Å². The maximum absolute atomic E-state index is 14.5. The van der Waals surface area contributed by atoms with Crippen LogP contribution < -0.4 is 9.62 Å². The predicted molar refractivity (Wildman–Crippen MR) is 181 cm³/mol. The summed E-state index contributed by atoms with van der Waals surface area (Å²) >= 11 is 12.7. The van der Waals surface area contributed by atoms with E-state index in [4.69, 9.17) is 23.2 Å². The number of carbonyl (C=O) groups excluding carboxylic acids is 2. The molecule has 1 atom stereocenters. The molecule has 2 amide bonds. The largest absolute Gasteiger partial charge is 0.354 e. The number of sulfonamides is 1. The summed E-state index contributed by atoms with van der Waals surface area (Å²) in [5.74, 6) is -0.740. The van der Waals surface area contributed by atoms with Crippen molar-refractivity contribution in [2.75, 3.05) is 17.4 Å². The van der Waals surface area contributed by atoms with E-state index >= 15 is 0 Å². The highest BCUT2D eigenvalue weighted by atomic mass is 35.5. The van der Waals surface area contributed by atoms with Crippen LogP contribution in [0.2, 0.25) is 10.0 Å². The van der Waals surface area contributed by atoms with Crippen LogP contribution in [0.5, 0.6) is 0 Å². The number of carbonyl (C=O) groups is 2. The lowest BCUT2D eigenvalue weighted by Crippen LogP contribution is -2.53. The van der Waals surface area contributed by atoms with Crippen LogP contribution in [-0.2, 0) is 32.6 Å². The average Bonchev–Trinajstić information content (AvgIpc) is 3.02. The van der Waals surface area contributed by atoms with Crippen molar-refractivity contribution in [1.29, 1.82) is 0 Å². The molecular formula is C35H37Cl2N3O4S. The van der Waals surface area contributed by atoms with E-state index in [1.54, 1.807) is 54.6 Å². The van der Waals surface area contributed by atoms with Gasteiger partial charge in [0, 0.05) is 29.6 Å². The minimum absolute atomic E-state index is 0.0436. The Morgan fingerprint density at radius 1 is 0.844 bits per heavy atom. The smallest absolute Gasteiger partial charge is 0.264 e. The number of rotatable bonds is 13. The highest BCUT2D eigenvalue weighted by molar-refractivity contribution is 7.92. The van der Waals surface area contributed by atoms with Crippen LogP contribution in [0.25, 0.3) is 0 Å². The van der Waals surface area contributed by atoms with Gasteiger partial charge in [0.2, 0.25) is 11.8 Å². The lowest BCUT2D eigenvalue weighted by atomic mass is 10.0. The summed E-state index contributed by atoms with van der Waals surface area (Å²) in [4.78, 5) is 29.8. The third-order valence-electron chi connectivity index (χ3n) is 7.21. The first-order valence-corrected chi connectivity index (χ1v) is 16.8. The first-order valence-electron chi connectivity index (χ1n) is 14.6. The van der Waals surface area contributed by atoms with Crippen LogP contribution in [0.3, 0.4) is 0 Å². The quantitative estimate of drug-likeness (QED) is 0.168. The maximum atomic E-state index is 14.5. The lowest BCUT2D eigenvalue weighted by Gasteiger charge is -2.34. The van der Waals surface area contributed by atoms with E-state index in [9.17, 15) is 18.0 Å². The molecule has 0 spiro atoms. The fraction of sp³-hybridized carbons (Fsp3) is 0.257. The van der Waals surface area contributed by atoms with E-state index in [1.807, 2.05) is 57.2 Å². The number of hydrogen-bond acceptors (Lipinski definition) is 4. The minimum atomic E-state index is -4.17. The summed E-state index contributed by atoms with van der Waals surface area (Å²) in [6.07, 6.45) is 0.206. The van der Waals surface area contributed by atoms with Gasteiger partial charge in [0.15, 0.2) is 0 Å². The SMILES string of the molecule is Cc1cccc(N(CC(=O)N(Cc2ccc(Cl)cc2Cl)C(Cc2ccccc2)C(=O)NCC(C)C)S(=O)(=O)c2ccccc2)c1. The first-order chi connectivity index (χ1) is 21.5. The zero-order valence-electron chi connectivity index (χ0n) is 25.5. The van der Waals surface area contributed by atoms with Crippen LogP contribution in [0.4, 0.5) is 5.69 Å². The summed E-state index contributed by atoms with van der Waals surface area (Å²) in [7, 11) is -4.17. The molecule has 4 aromatic carbocycles. The number of amides is 2. The Balaban J connectivity index is 1.81. The topological polar surface area (TPSA) is 86.8 Å². The molecule has 0 saturated carbocycles. The van der Waals surface area contributed by atoms with Gasteiger partial charge in [-0.3, -0.25) is 13.9 Å². The second kappa shape index (κ2) is 15.4. The summed E-state index contributed by atoms with van der Waals surface area (Å²) < 4.78 is 29.2. The molecule has 1 unspecified atom stereocenters. The molecule has 7 nitrogen and oxygen atoms in total. The van der Waals surface area contributed by atoms with Gasteiger partial charge in [-0.1, -0.05) is 104 Å². The van der Waals surface area contributed by atoms with Gasteiger partial charge in [0.25, 0.3) is 10.0 Å². The summed E-state index contributed by atoms with van der Waals surface area (Å²) in [5.41, 5.74) is 2.57. The monoisotopic (exact) mass is 665 g/mol. The standard InChI is InChI=1S/C35H37Cl2N3O4S/c1-25(2)22-38-35(42)33(20-27-12-6-4-7-13-27)39(23-28-17-18-29(36)21-32(28)37)34(41)24-40(30-14-10-11-26(3)19-30)45(43,44)31-15-8-5-9-16-31/h4-19,21,25,33H,20,22-24H2,1-3H3,(H,38,42). The average molecular weight is 667 g/mol.